The number of pyridine rings is 1. The number of halogens is 6. The number of carbonyl (C=O) groups is 1. The molecule has 3 aliphatic rings. The highest BCUT2D eigenvalue weighted by Crippen LogP contribution is 2.62. The first kappa shape index (κ1) is 31.2. The predicted molar refractivity (Wildman–Crippen MR) is 149 cm³/mol. The van der Waals surface area contributed by atoms with Crippen molar-refractivity contribution in [3.8, 4) is 22.8 Å². The van der Waals surface area contributed by atoms with E-state index in [0.717, 1.165) is 29.3 Å². The molecule has 0 spiro atoms. The average Bonchev–Trinajstić information content (AvgIpc) is 3.56. The maximum absolute atomic E-state index is 15.1. The molecule has 2 saturated carbocycles. The van der Waals surface area contributed by atoms with Gasteiger partial charge in [0.15, 0.2) is 17.4 Å². The van der Waals surface area contributed by atoms with Crippen molar-refractivity contribution in [3.63, 3.8) is 0 Å². The van der Waals surface area contributed by atoms with Crippen LogP contribution in [-0.4, -0.2) is 34.4 Å². The zero-order valence-electron chi connectivity index (χ0n) is 24.5. The Labute approximate surface area is 255 Å². The van der Waals surface area contributed by atoms with E-state index in [9.17, 15) is 27.5 Å². The predicted octanol–water partition coefficient (Wildman–Crippen LogP) is 7.28. The number of ether oxygens (including phenoxy) is 3. The Balaban J connectivity index is 1.22. The number of aliphatic hydroxyl groups is 1. The topological polar surface area (TPSA) is 77.9 Å². The van der Waals surface area contributed by atoms with E-state index in [4.69, 9.17) is 14.2 Å². The lowest BCUT2D eigenvalue weighted by atomic mass is 9.85. The molecule has 2 fully saturated rings. The minimum Gasteiger partial charge on any atom is -0.484 e. The summed E-state index contributed by atoms with van der Waals surface area (Å²) in [5, 5.41) is 10.1. The second kappa shape index (κ2) is 11.5. The van der Waals surface area contributed by atoms with E-state index in [1.165, 1.54) is 0 Å². The van der Waals surface area contributed by atoms with Crippen LogP contribution in [0.2, 0.25) is 0 Å². The van der Waals surface area contributed by atoms with Gasteiger partial charge < -0.3 is 19.3 Å². The number of alkyl halides is 3. The molecule has 0 radical (unpaired) electrons. The first-order valence-electron chi connectivity index (χ1n) is 14.8. The molecule has 0 unspecified atom stereocenters. The highest BCUT2D eigenvalue weighted by Gasteiger charge is 2.60. The summed E-state index contributed by atoms with van der Waals surface area (Å²) >= 11 is 0. The van der Waals surface area contributed by atoms with Gasteiger partial charge in [-0.25, -0.2) is 18.2 Å². The highest BCUT2D eigenvalue weighted by molar-refractivity contribution is 5.79. The zero-order valence-corrected chi connectivity index (χ0v) is 24.5. The molecule has 0 saturated heterocycles. The highest BCUT2D eigenvalue weighted by atomic mass is 19.4. The van der Waals surface area contributed by atoms with Crippen molar-refractivity contribution in [1.29, 1.82) is 0 Å². The molecule has 2 aromatic carbocycles. The molecule has 1 aromatic heterocycles. The molecule has 1 heterocycles. The number of hydrogen-bond donors (Lipinski definition) is 1. The van der Waals surface area contributed by atoms with Gasteiger partial charge in [-0.1, -0.05) is 0 Å². The fraction of sp³-hybridized carbons (Fsp3) is 0.455. The van der Waals surface area contributed by atoms with Crippen molar-refractivity contribution >= 4 is 5.97 Å². The summed E-state index contributed by atoms with van der Waals surface area (Å²) in [4.78, 5) is 16.4. The largest absolute Gasteiger partial charge is 0.484 e. The van der Waals surface area contributed by atoms with Gasteiger partial charge >= 0.3 is 12.1 Å². The van der Waals surface area contributed by atoms with E-state index in [-0.39, 0.29) is 41.2 Å². The van der Waals surface area contributed by atoms with E-state index in [1.54, 1.807) is 26.1 Å². The molecule has 6 rings (SSSR count). The molecular weight excluding hydrogens is 604 g/mol. The average molecular weight is 636 g/mol. The van der Waals surface area contributed by atoms with Gasteiger partial charge in [0, 0.05) is 23.7 Å². The van der Waals surface area contributed by atoms with Crippen LogP contribution in [0.1, 0.15) is 67.7 Å². The number of carbonyl (C=O) groups excluding carboxylic acids is 1. The number of hydrogen-bond acceptors (Lipinski definition) is 6. The number of benzene rings is 2. The molecule has 1 N–H and O–H groups in total. The lowest BCUT2D eigenvalue weighted by Crippen LogP contribution is -2.35. The molecule has 240 valence electrons. The van der Waals surface area contributed by atoms with Crippen LogP contribution in [0.15, 0.2) is 36.5 Å². The minimum atomic E-state index is -5.03. The van der Waals surface area contributed by atoms with Crippen molar-refractivity contribution in [2.24, 2.45) is 11.8 Å². The maximum atomic E-state index is 15.1. The Bertz CT molecular complexity index is 1610. The molecule has 45 heavy (non-hydrogen) atoms. The first-order chi connectivity index (χ1) is 21.3. The van der Waals surface area contributed by atoms with E-state index in [2.05, 4.69) is 4.98 Å². The van der Waals surface area contributed by atoms with Crippen LogP contribution in [0, 0.1) is 29.3 Å². The molecule has 6 nitrogen and oxygen atoms in total. The summed E-state index contributed by atoms with van der Waals surface area (Å²) < 4.78 is 103. The monoisotopic (exact) mass is 635 g/mol. The Hall–Kier alpha value is -3.80. The fourth-order valence-corrected chi connectivity index (χ4v) is 6.59. The van der Waals surface area contributed by atoms with Crippen LogP contribution in [0.5, 0.6) is 11.6 Å². The normalized spacial score (nSPS) is 25.4. The van der Waals surface area contributed by atoms with Gasteiger partial charge in [-0.2, -0.15) is 13.2 Å². The van der Waals surface area contributed by atoms with Gasteiger partial charge in [-0.3, -0.25) is 4.79 Å². The first-order valence-corrected chi connectivity index (χ1v) is 14.8. The van der Waals surface area contributed by atoms with Crippen molar-refractivity contribution in [1.82, 2.24) is 4.98 Å². The van der Waals surface area contributed by atoms with E-state index >= 15 is 8.78 Å². The van der Waals surface area contributed by atoms with Crippen molar-refractivity contribution in [3.05, 3.63) is 76.2 Å². The second-order valence-electron chi connectivity index (χ2n) is 12.3. The standard InChI is InChI=1S/C33H31F6NO5/c1-3-43-31(41)29-21-8-16-12-27(40-14-22(16)28(21)29)44-15-18-9-20(23(13-24(18)34)33(37,38)39)17-10-25(35)30(26(36)11-17)45-19-4-6-32(2,42)7-5-19/h9-14,19,21,28-29,42H,3-8,15H2,1-2H3/t19-,21-,28+,29-,32-/m0/s1. The van der Waals surface area contributed by atoms with Crippen LogP contribution < -0.4 is 9.47 Å². The molecule has 0 amide bonds. The van der Waals surface area contributed by atoms with Gasteiger partial charge in [0.05, 0.1) is 29.8 Å². The summed E-state index contributed by atoms with van der Waals surface area (Å²) in [5.74, 6) is -4.54. The fourth-order valence-electron chi connectivity index (χ4n) is 6.59. The van der Waals surface area contributed by atoms with Crippen LogP contribution >= 0.6 is 0 Å². The number of fused-ring (bicyclic) bond motifs is 3. The SMILES string of the molecule is CCOC(=O)[C@H]1[C@H]2Cc3cc(OCc4cc(-c5cc(F)c(O[C@H]6CC[C@](C)(O)CC6)c(F)c5)c(C(F)(F)F)cc4F)ncc3[C@@H]21. The van der Waals surface area contributed by atoms with Gasteiger partial charge in [-0.15, -0.1) is 0 Å². The molecule has 0 aliphatic heterocycles. The molecule has 0 bridgehead atoms. The lowest BCUT2D eigenvalue weighted by molar-refractivity contribution is -0.145. The van der Waals surface area contributed by atoms with Crippen molar-refractivity contribution in [2.75, 3.05) is 6.61 Å². The van der Waals surface area contributed by atoms with Crippen LogP contribution in [-0.2, 0) is 28.7 Å². The summed E-state index contributed by atoms with van der Waals surface area (Å²) in [7, 11) is 0. The Morgan fingerprint density at radius 3 is 2.38 bits per heavy atom. The third-order valence-corrected chi connectivity index (χ3v) is 9.01. The maximum Gasteiger partial charge on any atom is 0.417 e. The Kier molecular flexibility index (Phi) is 7.99. The molecule has 12 heteroatoms. The van der Waals surface area contributed by atoms with E-state index in [1.807, 2.05) is 0 Å². The number of aromatic nitrogens is 1. The van der Waals surface area contributed by atoms with Crippen LogP contribution in [0.3, 0.4) is 0 Å². The van der Waals surface area contributed by atoms with Crippen molar-refractivity contribution < 1.29 is 50.5 Å². The lowest BCUT2D eigenvalue weighted by Gasteiger charge is -2.33. The van der Waals surface area contributed by atoms with Gasteiger partial charge in [-0.05, 0) is 98.4 Å². The smallest absolute Gasteiger partial charge is 0.417 e. The zero-order chi connectivity index (χ0) is 32.3. The molecule has 3 aromatic rings. The number of esters is 1. The number of nitrogens with zero attached hydrogens (tertiary/aromatic N) is 1. The number of rotatable bonds is 8. The van der Waals surface area contributed by atoms with Crippen LogP contribution in [0.4, 0.5) is 26.3 Å². The third kappa shape index (κ3) is 6.21. The van der Waals surface area contributed by atoms with E-state index < -0.39 is 64.4 Å². The molecular formula is C33H31F6NO5. The minimum absolute atomic E-state index is 0.0205. The molecule has 3 atom stereocenters. The molecule has 3 aliphatic carbocycles. The summed E-state index contributed by atoms with van der Waals surface area (Å²) in [6.07, 6.45) is -1.98. The van der Waals surface area contributed by atoms with Crippen molar-refractivity contribution in [2.45, 2.75) is 76.4 Å². The van der Waals surface area contributed by atoms with Gasteiger partial charge in [0.1, 0.15) is 12.4 Å². The van der Waals surface area contributed by atoms with Crippen LogP contribution in [0.25, 0.3) is 11.1 Å². The summed E-state index contributed by atoms with van der Waals surface area (Å²) in [6, 6.07) is 4.25. The van der Waals surface area contributed by atoms with E-state index in [0.29, 0.717) is 38.7 Å². The Morgan fingerprint density at radius 1 is 1.04 bits per heavy atom. The summed E-state index contributed by atoms with van der Waals surface area (Å²) in [6.45, 7) is 3.20. The van der Waals surface area contributed by atoms with Gasteiger partial charge in [0.25, 0.3) is 0 Å². The second-order valence-corrected chi connectivity index (χ2v) is 12.3. The summed E-state index contributed by atoms with van der Waals surface area (Å²) in [5.41, 5.74) is -1.85. The quantitative estimate of drug-likeness (QED) is 0.207. The Morgan fingerprint density at radius 2 is 1.73 bits per heavy atom. The van der Waals surface area contributed by atoms with Gasteiger partial charge in [0.2, 0.25) is 5.88 Å². The third-order valence-electron chi connectivity index (χ3n) is 9.01.